The molecule has 0 bridgehead atoms. The van der Waals surface area contributed by atoms with Crippen LogP contribution in [0.3, 0.4) is 0 Å². The van der Waals surface area contributed by atoms with Gasteiger partial charge in [-0.1, -0.05) is 24.3 Å². The smallest absolute Gasteiger partial charge is 0.133 e. The lowest BCUT2D eigenvalue weighted by Crippen LogP contribution is -2.23. The average molecular weight is 352 g/mol. The minimum absolute atomic E-state index is 0.244. The van der Waals surface area contributed by atoms with Crippen molar-refractivity contribution in [3.8, 4) is 0 Å². The minimum atomic E-state index is -0.244. The summed E-state index contributed by atoms with van der Waals surface area (Å²) in [4.78, 5) is 1.91. The normalized spacial score (nSPS) is 13.9. The Bertz CT molecular complexity index is 639. The number of rotatable bonds is 1. The topological polar surface area (TPSA) is 27.1 Å². The molecule has 0 radical (unpaired) electrons. The number of benzene rings is 2. The Morgan fingerprint density at radius 2 is 1.94 bits per heavy atom. The number of anilines is 1. The maximum atomic E-state index is 13.1. The van der Waals surface area contributed by atoms with E-state index >= 15 is 0 Å². The van der Waals surface area contributed by atoms with Crippen LogP contribution in [-0.2, 0) is 6.54 Å². The van der Waals surface area contributed by atoms with Crippen molar-refractivity contribution in [1.29, 1.82) is 5.41 Å². The molecule has 0 unspecified atom stereocenters. The third-order valence-corrected chi connectivity index (χ3v) is 3.94. The molecule has 3 rings (SSSR count). The molecule has 0 amide bonds. The molecular weight excluding hydrogens is 342 g/mol. The lowest BCUT2D eigenvalue weighted by Gasteiger charge is -2.19. The van der Waals surface area contributed by atoms with Gasteiger partial charge in [0.1, 0.15) is 11.7 Å². The van der Waals surface area contributed by atoms with Crippen molar-refractivity contribution < 1.29 is 4.39 Å². The lowest BCUT2D eigenvalue weighted by molar-refractivity contribution is 0.627. The Balaban J connectivity index is 2.04. The van der Waals surface area contributed by atoms with Crippen LogP contribution >= 0.6 is 22.6 Å². The third-order valence-electron chi connectivity index (χ3n) is 3.07. The van der Waals surface area contributed by atoms with Gasteiger partial charge in [0.2, 0.25) is 0 Å². The summed E-state index contributed by atoms with van der Waals surface area (Å²) in [5, 5.41) is 8.20. The SMILES string of the molecule is N=C1c2ccccc2CN1c1ccc(F)cc1I. The van der Waals surface area contributed by atoms with Gasteiger partial charge in [0.05, 0.1) is 12.2 Å². The molecule has 1 aliphatic rings. The summed E-state index contributed by atoms with van der Waals surface area (Å²) in [6, 6.07) is 12.6. The largest absolute Gasteiger partial charge is 0.321 e. The van der Waals surface area contributed by atoms with E-state index in [0.29, 0.717) is 12.4 Å². The van der Waals surface area contributed by atoms with E-state index in [1.165, 1.54) is 12.1 Å². The van der Waals surface area contributed by atoms with Gasteiger partial charge in [-0.15, -0.1) is 0 Å². The van der Waals surface area contributed by atoms with Crippen LogP contribution in [0.2, 0.25) is 0 Å². The molecule has 0 saturated heterocycles. The van der Waals surface area contributed by atoms with E-state index in [0.717, 1.165) is 20.4 Å². The second kappa shape index (κ2) is 4.35. The van der Waals surface area contributed by atoms with Gasteiger partial charge in [-0.2, -0.15) is 0 Å². The molecule has 18 heavy (non-hydrogen) atoms. The van der Waals surface area contributed by atoms with Crippen molar-refractivity contribution in [3.63, 3.8) is 0 Å². The molecule has 2 aromatic rings. The fourth-order valence-electron chi connectivity index (χ4n) is 2.19. The summed E-state index contributed by atoms with van der Waals surface area (Å²) < 4.78 is 13.9. The van der Waals surface area contributed by atoms with Crippen LogP contribution < -0.4 is 4.90 Å². The zero-order valence-corrected chi connectivity index (χ0v) is 11.6. The Kier molecular flexibility index (Phi) is 2.81. The number of hydrogen-bond donors (Lipinski definition) is 1. The fraction of sp³-hybridized carbons (Fsp3) is 0.0714. The van der Waals surface area contributed by atoms with E-state index in [4.69, 9.17) is 5.41 Å². The highest BCUT2D eigenvalue weighted by molar-refractivity contribution is 14.1. The van der Waals surface area contributed by atoms with Crippen molar-refractivity contribution in [2.45, 2.75) is 6.54 Å². The predicted molar refractivity (Wildman–Crippen MR) is 78.6 cm³/mol. The molecule has 2 nitrogen and oxygen atoms in total. The molecular formula is C14H10FIN2. The van der Waals surface area contributed by atoms with Gasteiger partial charge < -0.3 is 4.90 Å². The van der Waals surface area contributed by atoms with Crippen LogP contribution in [0.4, 0.5) is 10.1 Å². The van der Waals surface area contributed by atoms with E-state index < -0.39 is 0 Å². The Morgan fingerprint density at radius 1 is 1.17 bits per heavy atom. The van der Waals surface area contributed by atoms with Crippen LogP contribution in [0.15, 0.2) is 42.5 Å². The predicted octanol–water partition coefficient (Wildman–Crippen LogP) is 3.78. The number of nitrogens with zero attached hydrogens (tertiary/aromatic N) is 1. The van der Waals surface area contributed by atoms with Crippen molar-refractivity contribution in [1.82, 2.24) is 0 Å². The van der Waals surface area contributed by atoms with E-state index in [1.54, 1.807) is 6.07 Å². The van der Waals surface area contributed by atoms with Crippen LogP contribution in [0.1, 0.15) is 11.1 Å². The molecule has 1 aliphatic heterocycles. The molecule has 2 aromatic carbocycles. The lowest BCUT2D eigenvalue weighted by atomic mass is 10.1. The number of halogens is 2. The van der Waals surface area contributed by atoms with Crippen LogP contribution in [0, 0.1) is 14.8 Å². The Morgan fingerprint density at radius 3 is 2.67 bits per heavy atom. The van der Waals surface area contributed by atoms with Crippen LogP contribution in [-0.4, -0.2) is 5.84 Å². The first-order valence-electron chi connectivity index (χ1n) is 5.56. The Hall–Kier alpha value is -1.43. The Labute approximate surface area is 118 Å². The molecule has 0 atom stereocenters. The van der Waals surface area contributed by atoms with Gasteiger partial charge in [-0.25, -0.2) is 4.39 Å². The van der Waals surface area contributed by atoms with E-state index in [-0.39, 0.29) is 5.82 Å². The molecule has 90 valence electrons. The highest BCUT2D eigenvalue weighted by atomic mass is 127. The van der Waals surface area contributed by atoms with Gasteiger partial charge in [-0.3, -0.25) is 5.41 Å². The molecule has 4 heteroatoms. The van der Waals surface area contributed by atoms with Gasteiger partial charge in [-0.05, 0) is 46.4 Å². The summed E-state index contributed by atoms with van der Waals surface area (Å²) in [6.45, 7) is 0.677. The summed E-state index contributed by atoms with van der Waals surface area (Å²) in [7, 11) is 0. The average Bonchev–Trinajstić information content (AvgIpc) is 2.68. The molecule has 0 saturated carbocycles. The first-order chi connectivity index (χ1) is 8.66. The maximum absolute atomic E-state index is 13.1. The molecule has 0 fully saturated rings. The summed E-state index contributed by atoms with van der Waals surface area (Å²) in [6.07, 6.45) is 0. The van der Waals surface area contributed by atoms with Crippen molar-refractivity contribution in [3.05, 3.63) is 63.0 Å². The highest BCUT2D eigenvalue weighted by Gasteiger charge is 2.25. The van der Waals surface area contributed by atoms with E-state index in [9.17, 15) is 4.39 Å². The van der Waals surface area contributed by atoms with E-state index in [2.05, 4.69) is 22.6 Å². The minimum Gasteiger partial charge on any atom is -0.321 e. The molecule has 1 heterocycles. The highest BCUT2D eigenvalue weighted by Crippen LogP contribution is 2.31. The van der Waals surface area contributed by atoms with Crippen LogP contribution in [0.5, 0.6) is 0 Å². The summed E-state index contributed by atoms with van der Waals surface area (Å²) in [5.74, 6) is 0.238. The van der Waals surface area contributed by atoms with Crippen LogP contribution in [0.25, 0.3) is 0 Å². The number of hydrogen-bond acceptors (Lipinski definition) is 1. The summed E-state index contributed by atoms with van der Waals surface area (Å²) >= 11 is 2.11. The van der Waals surface area contributed by atoms with Crippen molar-refractivity contribution in [2.24, 2.45) is 0 Å². The molecule has 0 spiro atoms. The van der Waals surface area contributed by atoms with E-state index in [1.807, 2.05) is 29.2 Å². The molecule has 0 aliphatic carbocycles. The zero-order valence-electron chi connectivity index (χ0n) is 9.45. The molecule has 0 aromatic heterocycles. The first-order valence-corrected chi connectivity index (χ1v) is 6.64. The van der Waals surface area contributed by atoms with Gasteiger partial charge >= 0.3 is 0 Å². The second-order valence-electron chi connectivity index (χ2n) is 4.19. The molecule has 1 N–H and O–H groups in total. The number of amidine groups is 1. The number of nitrogens with one attached hydrogen (secondary N) is 1. The van der Waals surface area contributed by atoms with Crippen molar-refractivity contribution in [2.75, 3.05) is 4.90 Å². The van der Waals surface area contributed by atoms with Gasteiger partial charge in [0.15, 0.2) is 0 Å². The summed E-state index contributed by atoms with van der Waals surface area (Å²) in [5.41, 5.74) is 2.98. The van der Waals surface area contributed by atoms with Gasteiger partial charge in [0, 0.05) is 9.13 Å². The third kappa shape index (κ3) is 1.80. The fourth-order valence-corrected chi connectivity index (χ4v) is 2.96. The quantitative estimate of drug-likeness (QED) is 0.778. The maximum Gasteiger partial charge on any atom is 0.133 e. The second-order valence-corrected chi connectivity index (χ2v) is 5.35. The van der Waals surface area contributed by atoms with Gasteiger partial charge in [0.25, 0.3) is 0 Å². The van der Waals surface area contributed by atoms with Crippen molar-refractivity contribution >= 4 is 34.1 Å². The standard InChI is InChI=1S/C14H10FIN2/c15-10-5-6-13(12(16)7-10)18-8-9-3-1-2-4-11(9)14(18)17/h1-7,17H,8H2. The zero-order chi connectivity index (χ0) is 12.7. The monoisotopic (exact) mass is 352 g/mol. The number of fused-ring (bicyclic) bond motifs is 1. The first kappa shape index (κ1) is 11.6.